The summed E-state index contributed by atoms with van der Waals surface area (Å²) in [4.78, 5) is 7.62. The highest BCUT2D eigenvalue weighted by Crippen LogP contribution is 2.34. The number of nitrogens with zero attached hydrogens (tertiary/aromatic N) is 3. The van der Waals surface area contributed by atoms with Gasteiger partial charge in [0, 0.05) is 32.8 Å². The van der Waals surface area contributed by atoms with Gasteiger partial charge in [0.1, 0.15) is 0 Å². The molecule has 20 heavy (non-hydrogen) atoms. The first-order chi connectivity index (χ1) is 9.67. The van der Waals surface area contributed by atoms with Gasteiger partial charge in [-0.05, 0) is 64.3 Å². The Morgan fingerprint density at radius 2 is 1.45 bits per heavy atom. The molecule has 2 aliphatic heterocycles. The molecule has 118 valence electrons. The van der Waals surface area contributed by atoms with Crippen molar-refractivity contribution in [2.45, 2.75) is 32.6 Å². The number of aliphatic hydroxyl groups excluding tert-OH is 1. The van der Waals surface area contributed by atoms with E-state index in [0.29, 0.717) is 6.61 Å². The molecule has 1 N–H and O–H groups in total. The van der Waals surface area contributed by atoms with Gasteiger partial charge >= 0.3 is 0 Å². The summed E-state index contributed by atoms with van der Waals surface area (Å²) >= 11 is 0. The Bertz CT molecular complexity index is 263. The number of rotatable bonds is 6. The van der Waals surface area contributed by atoms with E-state index >= 15 is 0 Å². The minimum Gasteiger partial charge on any atom is -0.396 e. The molecule has 2 aliphatic rings. The SMILES string of the molecule is CCC1(CO)CCN(CCCN2CCN(C)CC2)CC1. The van der Waals surface area contributed by atoms with Gasteiger partial charge in [-0.25, -0.2) is 0 Å². The second-order valence-electron chi connectivity index (χ2n) is 6.85. The zero-order chi connectivity index (χ0) is 14.4. The fraction of sp³-hybridized carbons (Fsp3) is 1.00. The van der Waals surface area contributed by atoms with Crippen LogP contribution >= 0.6 is 0 Å². The standard InChI is InChI=1S/C16H33N3O/c1-3-16(15-20)5-9-18(10-6-16)7-4-8-19-13-11-17(2)12-14-19/h20H,3-15H2,1-2H3. The highest BCUT2D eigenvalue weighted by molar-refractivity contribution is 4.84. The second-order valence-corrected chi connectivity index (χ2v) is 6.85. The average molecular weight is 283 g/mol. The van der Waals surface area contributed by atoms with Gasteiger partial charge in [0.15, 0.2) is 0 Å². The topological polar surface area (TPSA) is 30.0 Å². The van der Waals surface area contributed by atoms with Crippen molar-refractivity contribution in [3.8, 4) is 0 Å². The maximum absolute atomic E-state index is 9.57. The lowest BCUT2D eigenvalue weighted by Crippen LogP contribution is -2.46. The first-order valence-electron chi connectivity index (χ1n) is 8.41. The summed E-state index contributed by atoms with van der Waals surface area (Å²) in [5.74, 6) is 0. The molecule has 0 amide bonds. The number of hydrogen-bond acceptors (Lipinski definition) is 4. The molecule has 2 rings (SSSR count). The van der Waals surface area contributed by atoms with Crippen LogP contribution in [0.2, 0.25) is 0 Å². The van der Waals surface area contributed by atoms with Gasteiger partial charge in [0.2, 0.25) is 0 Å². The van der Waals surface area contributed by atoms with Gasteiger partial charge in [-0.15, -0.1) is 0 Å². The van der Waals surface area contributed by atoms with Gasteiger partial charge in [0.25, 0.3) is 0 Å². The monoisotopic (exact) mass is 283 g/mol. The Morgan fingerprint density at radius 3 is 1.95 bits per heavy atom. The summed E-state index contributed by atoms with van der Waals surface area (Å²) in [5.41, 5.74) is 0.230. The quantitative estimate of drug-likeness (QED) is 0.791. The van der Waals surface area contributed by atoms with Gasteiger partial charge in [-0.1, -0.05) is 6.92 Å². The van der Waals surface area contributed by atoms with E-state index in [0.717, 1.165) is 6.42 Å². The van der Waals surface area contributed by atoms with Crippen molar-refractivity contribution < 1.29 is 5.11 Å². The first-order valence-corrected chi connectivity index (χ1v) is 8.41. The molecule has 0 atom stereocenters. The van der Waals surface area contributed by atoms with E-state index in [-0.39, 0.29) is 5.41 Å². The van der Waals surface area contributed by atoms with Crippen LogP contribution in [-0.2, 0) is 0 Å². The van der Waals surface area contributed by atoms with Crippen LogP contribution in [0, 0.1) is 5.41 Å². The number of piperazine rings is 1. The molecule has 4 nitrogen and oxygen atoms in total. The molecule has 4 heteroatoms. The van der Waals surface area contributed by atoms with Crippen molar-refractivity contribution in [3.05, 3.63) is 0 Å². The summed E-state index contributed by atoms with van der Waals surface area (Å²) in [6.45, 7) is 12.4. The minimum absolute atomic E-state index is 0.230. The average Bonchev–Trinajstić information content (AvgIpc) is 2.50. The van der Waals surface area contributed by atoms with E-state index < -0.39 is 0 Å². The van der Waals surface area contributed by atoms with Crippen molar-refractivity contribution >= 4 is 0 Å². The summed E-state index contributed by atoms with van der Waals surface area (Å²) in [7, 11) is 2.21. The normalized spacial score (nSPS) is 25.9. The van der Waals surface area contributed by atoms with E-state index in [2.05, 4.69) is 28.7 Å². The molecule has 0 spiro atoms. The molecule has 0 aromatic rings. The van der Waals surface area contributed by atoms with E-state index in [1.807, 2.05) is 0 Å². The van der Waals surface area contributed by atoms with Crippen LogP contribution in [0.3, 0.4) is 0 Å². The molecule has 0 aromatic carbocycles. The molecule has 0 unspecified atom stereocenters. The number of piperidine rings is 1. The summed E-state index contributed by atoms with van der Waals surface area (Å²) in [6.07, 6.45) is 4.77. The van der Waals surface area contributed by atoms with Crippen LogP contribution in [0.15, 0.2) is 0 Å². The molecule has 2 saturated heterocycles. The molecule has 0 bridgehead atoms. The summed E-state index contributed by atoms with van der Waals surface area (Å²) < 4.78 is 0. The van der Waals surface area contributed by atoms with Gasteiger partial charge in [-0.3, -0.25) is 0 Å². The molecule has 2 heterocycles. The van der Waals surface area contributed by atoms with Crippen molar-refractivity contribution in [1.29, 1.82) is 0 Å². The van der Waals surface area contributed by atoms with Crippen molar-refractivity contribution in [3.63, 3.8) is 0 Å². The maximum Gasteiger partial charge on any atom is 0.0488 e. The molecule has 0 radical (unpaired) electrons. The third kappa shape index (κ3) is 4.42. The smallest absolute Gasteiger partial charge is 0.0488 e. The third-order valence-corrected chi connectivity index (χ3v) is 5.55. The zero-order valence-electron chi connectivity index (χ0n) is 13.5. The van der Waals surface area contributed by atoms with E-state index in [1.54, 1.807) is 0 Å². The second kappa shape index (κ2) is 7.74. The van der Waals surface area contributed by atoms with Crippen LogP contribution in [0.25, 0.3) is 0 Å². The van der Waals surface area contributed by atoms with E-state index in [9.17, 15) is 5.11 Å². The molecule has 0 saturated carbocycles. The number of aliphatic hydroxyl groups is 1. The van der Waals surface area contributed by atoms with Crippen LogP contribution in [0.1, 0.15) is 32.6 Å². The number of hydrogen-bond donors (Lipinski definition) is 1. The van der Waals surface area contributed by atoms with E-state index in [1.165, 1.54) is 71.6 Å². The maximum atomic E-state index is 9.57. The Morgan fingerprint density at radius 1 is 0.900 bits per heavy atom. The van der Waals surface area contributed by atoms with Gasteiger partial charge < -0.3 is 19.8 Å². The Labute approximate surface area is 124 Å². The van der Waals surface area contributed by atoms with Crippen LogP contribution in [-0.4, -0.2) is 85.8 Å². The van der Waals surface area contributed by atoms with E-state index in [4.69, 9.17) is 0 Å². The van der Waals surface area contributed by atoms with Crippen molar-refractivity contribution in [2.24, 2.45) is 5.41 Å². The van der Waals surface area contributed by atoms with Crippen LogP contribution < -0.4 is 0 Å². The Hall–Kier alpha value is -0.160. The van der Waals surface area contributed by atoms with Crippen LogP contribution in [0.5, 0.6) is 0 Å². The first kappa shape index (κ1) is 16.2. The van der Waals surface area contributed by atoms with Crippen molar-refractivity contribution in [1.82, 2.24) is 14.7 Å². The lowest BCUT2D eigenvalue weighted by atomic mass is 9.77. The third-order valence-electron chi connectivity index (χ3n) is 5.55. The Kier molecular flexibility index (Phi) is 6.27. The van der Waals surface area contributed by atoms with Gasteiger partial charge in [-0.2, -0.15) is 0 Å². The largest absolute Gasteiger partial charge is 0.396 e. The minimum atomic E-state index is 0.230. The molecule has 2 fully saturated rings. The highest BCUT2D eigenvalue weighted by atomic mass is 16.3. The lowest BCUT2D eigenvalue weighted by Gasteiger charge is -2.40. The fourth-order valence-electron chi connectivity index (χ4n) is 3.46. The van der Waals surface area contributed by atoms with Gasteiger partial charge in [0.05, 0.1) is 0 Å². The number of likely N-dealkylation sites (N-methyl/N-ethyl adjacent to an activating group) is 1. The van der Waals surface area contributed by atoms with Crippen molar-refractivity contribution in [2.75, 3.05) is 66.0 Å². The Balaban J connectivity index is 1.59. The number of likely N-dealkylation sites (tertiary alicyclic amines) is 1. The molecule has 0 aromatic heterocycles. The fourth-order valence-corrected chi connectivity index (χ4v) is 3.46. The molecular weight excluding hydrogens is 250 g/mol. The predicted molar refractivity (Wildman–Crippen MR) is 84.0 cm³/mol. The highest BCUT2D eigenvalue weighted by Gasteiger charge is 2.31. The predicted octanol–water partition coefficient (Wildman–Crippen LogP) is 1.11. The lowest BCUT2D eigenvalue weighted by molar-refractivity contribution is 0.0390. The summed E-state index contributed by atoms with van der Waals surface area (Å²) in [6, 6.07) is 0. The van der Waals surface area contributed by atoms with Crippen LogP contribution in [0.4, 0.5) is 0 Å². The molecular formula is C16H33N3O. The zero-order valence-corrected chi connectivity index (χ0v) is 13.5. The molecule has 0 aliphatic carbocycles. The summed E-state index contributed by atoms with van der Waals surface area (Å²) in [5, 5.41) is 9.57.